The summed E-state index contributed by atoms with van der Waals surface area (Å²) in [6.45, 7) is 15.5. The van der Waals surface area contributed by atoms with E-state index in [4.69, 9.17) is 11.3 Å². The third-order valence-corrected chi connectivity index (χ3v) is 9.92. The van der Waals surface area contributed by atoms with Crippen molar-refractivity contribution in [2.75, 3.05) is 13.3 Å². The number of hydrogen-bond acceptors (Lipinski definition) is 7. The van der Waals surface area contributed by atoms with Crippen LogP contribution in [0.5, 0.6) is 0 Å². The van der Waals surface area contributed by atoms with Crippen molar-refractivity contribution in [3.05, 3.63) is 33.0 Å². The number of alkyl halides is 3. The Morgan fingerprint density at radius 2 is 2.03 bits per heavy atom. The standard InChI is InChI=1S/C21H24BrF3N6OS2Si/c1-26-20(6-7-20)31(12-32-8-9-35(3,4)5)34-13-10-14-16(29-30(2)17(14)15(22)11-13)18-27-28-19(33-18)21(23,24)25/h10-11H,6-9,12H2,2-5H3. The zero-order valence-corrected chi connectivity index (χ0v) is 23.8. The highest BCUT2D eigenvalue weighted by Gasteiger charge is 2.57. The van der Waals surface area contributed by atoms with Gasteiger partial charge in [-0.3, -0.25) is 9.53 Å². The van der Waals surface area contributed by atoms with Crippen LogP contribution in [0.15, 0.2) is 21.5 Å². The molecule has 1 fully saturated rings. The van der Waals surface area contributed by atoms with E-state index >= 15 is 0 Å². The zero-order valence-electron chi connectivity index (χ0n) is 19.6. The Bertz CT molecular complexity index is 1280. The summed E-state index contributed by atoms with van der Waals surface area (Å²) < 4.78 is 49.5. The lowest BCUT2D eigenvalue weighted by atomic mass is 10.2. The van der Waals surface area contributed by atoms with Gasteiger partial charge < -0.3 is 4.74 Å². The Balaban J connectivity index is 1.64. The molecule has 0 atom stereocenters. The van der Waals surface area contributed by atoms with Gasteiger partial charge in [-0.15, -0.1) is 14.5 Å². The van der Waals surface area contributed by atoms with E-state index in [9.17, 15) is 13.2 Å². The van der Waals surface area contributed by atoms with E-state index < -0.39 is 24.9 Å². The van der Waals surface area contributed by atoms with Crippen molar-refractivity contribution in [3.8, 4) is 10.7 Å². The Kier molecular flexibility index (Phi) is 7.40. The minimum absolute atomic E-state index is 0.100. The number of benzene rings is 1. The topological polar surface area (TPSA) is 60.4 Å². The molecule has 1 aliphatic carbocycles. The van der Waals surface area contributed by atoms with Gasteiger partial charge in [-0.25, -0.2) is 6.57 Å². The highest BCUT2D eigenvalue weighted by Crippen LogP contribution is 2.49. The molecule has 0 unspecified atom stereocenters. The fourth-order valence-electron chi connectivity index (χ4n) is 3.39. The Morgan fingerprint density at radius 3 is 2.60 bits per heavy atom. The number of halogens is 4. The fraction of sp³-hybridized carbons (Fsp3) is 0.524. The summed E-state index contributed by atoms with van der Waals surface area (Å²) in [7, 11) is 0.495. The minimum atomic E-state index is -4.56. The van der Waals surface area contributed by atoms with Gasteiger partial charge in [-0.2, -0.15) is 18.3 Å². The fourth-order valence-corrected chi connectivity index (χ4v) is 6.85. The molecule has 2 aromatic heterocycles. The van der Waals surface area contributed by atoms with Crippen LogP contribution in [0.2, 0.25) is 25.7 Å². The lowest BCUT2D eigenvalue weighted by molar-refractivity contribution is -0.138. The number of ether oxygens (including phenoxy) is 1. The van der Waals surface area contributed by atoms with E-state index in [1.165, 1.54) is 11.9 Å². The highest BCUT2D eigenvalue weighted by molar-refractivity contribution is 9.10. The maximum Gasteiger partial charge on any atom is 0.445 e. The number of hydrogen-bond donors (Lipinski definition) is 0. The summed E-state index contributed by atoms with van der Waals surface area (Å²) in [6.07, 6.45) is -3.02. The molecule has 0 radical (unpaired) electrons. The van der Waals surface area contributed by atoms with Crippen LogP contribution in [-0.2, 0) is 18.0 Å². The second kappa shape index (κ2) is 9.75. The molecule has 0 aliphatic heterocycles. The first-order valence-corrected chi connectivity index (χ1v) is 16.9. The first-order valence-electron chi connectivity index (χ1n) is 10.8. The molecule has 188 valence electrons. The maximum absolute atomic E-state index is 13.1. The number of aromatic nitrogens is 4. The Morgan fingerprint density at radius 1 is 1.31 bits per heavy atom. The molecule has 3 aromatic rings. The second-order valence-corrected chi connectivity index (χ2v) is 18.1. The van der Waals surface area contributed by atoms with Crippen molar-refractivity contribution in [3.63, 3.8) is 0 Å². The lowest BCUT2D eigenvalue weighted by Crippen LogP contribution is -2.32. The van der Waals surface area contributed by atoms with E-state index in [0.29, 0.717) is 35.8 Å². The molecule has 0 saturated heterocycles. The molecule has 7 nitrogen and oxygen atoms in total. The molecule has 1 saturated carbocycles. The third kappa shape index (κ3) is 5.91. The summed E-state index contributed by atoms with van der Waals surface area (Å²) in [5.41, 5.74) is 0.476. The zero-order chi connectivity index (χ0) is 25.6. The van der Waals surface area contributed by atoms with Crippen LogP contribution in [0.1, 0.15) is 17.8 Å². The largest absolute Gasteiger partial charge is 0.445 e. The van der Waals surface area contributed by atoms with Gasteiger partial charge in [0.2, 0.25) is 5.01 Å². The molecule has 4 rings (SSSR count). The molecule has 0 N–H and O–H groups in total. The molecule has 0 amide bonds. The lowest BCUT2D eigenvalue weighted by Gasteiger charge is -2.23. The van der Waals surface area contributed by atoms with Crippen LogP contribution in [-0.4, -0.2) is 51.4 Å². The first-order chi connectivity index (χ1) is 16.3. The van der Waals surface area contributed by atoms with Crippen LogP contribution < -0.4 is 0 Å². The maximum atomic E-state index is 13.1. The molecular weight excluding hydrogens is 581 g/mol. The molecule has 2 heterocycles. The van der Waals surface area contributed by atoms with Gasteiger partial charge in [0, 0.05) is 36.5 Å². The van der Waals surface area contributed by atoms with Crippen LogP contribution >= 0.6 is 39.2 Å². The number of nitrogens with zero attached hydrogens (tertiary/aromatic N) is 6. The predicted octanol–water partition coefficient (Wildman–Crippen LogP) is 6.90. The van der Waals surface area contributed by atoms with Gasteiger partial charge >= 0.3 is 6.18 Å². The molecule has 1 aliphatic rings. The summed E-state index contributed by atoms with van der Waals surface area (Å²) in [6, 6.07) is 4.83. The van der Waals surface area contributed by atoms with Crippen molar-refractivity contribution in [1.82, 2.24) is 24.3 Å². The smallest absolute Gasteiger partial charge is 0.365 e. The van der Waals surface area contributed by atoms with Gasteiger partial charge in [-0.1, -0.05) is 31.0 Å². The van der Waals surface area contributed by atoms with E-state index in [-0.39, 0.29) is 5.01 Å². The van der Waals surface area contributed by atoms with Crippen LogP contribution in [0, 0.1) is 6.57 Å². The summed E-state index contributed by atoms with van der Waals surface area (Å²) in [4.78, 5) is 4.69. The van der Waals surface area contributed by atoms with Crippen LogP contribution in [0.3, 0.4) is 0 Å². The summed E-state index contributed by atoms with van der Waals surface area (Å²) in [5, 5.41) is 11.2. The quantitative estimate of drug-likeness (QED) is 0.0870. The van der Waals surface area contributed by atoms with E-state index in [2.05, 4.69) is 55.7 Å². The first kappa shape index (κ1) is 26.6. The number of fused-ring (bicyclic) bond motifs is 1. The molecule has 0 spiro atoms. The van der Waals surface area contributed by atoms with Crippen LogP contribution in [0.4, 0.5) is 13.2 Å². The average molecular weight is 606 g/mol. The van der Waals surface area contributed by atoms with Gasteiger partial charge in [0.25, 0.3) is 5.66 Å². The van der Waals surface area contributed by atoms with E-state index in [1.807, 2.05) is 16.4 Å². The Hall–Kier alpha value is -1.50. The highest BCUT2D eigenvalue weighted by atomic mass is 79.9. The normalized spacial score (nSPS) is 15.7. The number of aryl methyl sites for hydroxylation is 1. The molecular formula is C21H24BrF3N6OS2Si. The van der Waals surface area contributed by atoms with Gasteiger partial charge in [0.15, 0.2) is 5.01 Å². The number of rotatable bonds is 9. The summed E-state index contributed by atoms with van der Waals surface area (Å²) in [5.74, 6) is 0. The second-order valence-electron chi connectivity index (χ2n) is 9.60. The van der Waals surface area contributed by atoms with E-state index in [0.717, 1.165) is 33.8 Å². The van der Waals surface area contributed by atoms with Crippen molar-refractivity contribution in [2.24, 2.45) is 7.05 Å². The van der Waals surface area contributed by atoms with Crippen molar-refractivity contribution in [1.29, 1.82) is 0 Å². The van der Waals surface area contributed by atoms with Gasteiger partial charge in [0.1, 0.15) is 12.4 Å². The van der Waals surface area contributed by atoms with E-state index in [1.54, 1.807) is 11.7 Å². The molecule has 35 heavy (non-hydrogen) atoms. The monoisotopic (exact) mass is 604 g/mol. The Labute approximate surface area is 219 Å². The summed E-state index contributed by atoms with van der Waals surface area (Å²) >= 11 is 5.47. The van der Waals surface area contributed by atoms with Gasteiger partial charge in [-0.05, 0) is 46.1 Å². The van der Waals surface area contributed by atoms with Crippen molar-refractivity contribution < 1.29 is 17.9 Å². The van der Waals surface area contributed by atoms with Crippen molar-refractivity contribution >= 4 is 58.2 Å². The average Bonchev–Trinajstić information content (AvgIpc) is 3.24. The predicted molar refractivity (Wildman–Crippen MR) is 138 cm³/mol. The minimum Gasteiger partial charge on any atom is -0.365 e. The SMILES string of the molecule is [C-]#[N+]C1(N(COCC[Si](C)(C)C)Sc2cc(Br)c3c(c2)c(-c2nnc(C(F)(F)F)s2)nn3C)CC1. The molecule has 0 bridgehead atoms. The third-order valence-electron chi connectivity index (χ3n) is 5.53. The van der Waals surface area contributed by atoms with Crippen molar-refractivity contribution in [2.45, 2.75) is 55.3 Å². The van der Waals surface area contributed by atoms with Crippen LogP contribution in [0.25, 0.3) is 26.4 Å². The molecule has 14 heteroatoms. The van der Waals surface area contributed by atoms with Gasteiger partial charge in [0.05, 0.1) is 18.4 Å². The molecule has 1 aromatic carbocycles.